The summed E-state index contributed by atoms with van der Waals surface area (Å²) in [4.78, 5) is 16.9. The van der Waals surface area contributed by atoms with E-state index in [0.717, 1.165) is 11.3 Å². The molecule has 3 aromatic rings. The van der Waals surface area contributed by atoms with Gasteiger partial charge in [0, 0.05) is 10.9 Å². The molecule has 0 radical (unpaired) electrons. The minimum atomic E-state index is -1.27. The number of nitrogens with zero attached hydrogens (tertiary/aromatic N) is 1. The Morgan fingerprint density at radius 3 is 2.83 bits per heavy atom. The molecule has 24 heavy (non-hydrogen) atoms. The van der Waals surface area contributed by atoms with E-state index in [4.69, 9.17) is 4.42 Å². The average molecular weight is 342 g/mol. The Balaban J connectivity index is 1.71. The highest BCUT2D eigenvalue weighted by molar-refractivity contribution is 7.08. The van der Waals surface area contributed by atoms with Crippen molar-refractivity contribution in [1.29, 1.82) is 0 Å². The van der Waals surface area contributed by atoms with Crippen molar-refractivity contribution in [1.82, 2.24) is 10.3 Å². The number of carbonyl (C=O) groups excluding carboxylic acids is 1. The Labute approximate surface area is 144 Å². The quantitative estimate of drug-likeness (QED) is 0.745. The molecule has 6 heteroatoms. The molecule has 124 valence electrons. The molecule has 0 saturated heterocycles. The molecule has 0 saturated carbocycles. The van der Waals surface area contributed by atoms with Crippen molar-refractivity contribution in [3.8, 4) is 11.3 Å². The maximum atomic E-state index is 12.4. The van der Waals surface area contributed by atoms with E-state index in [1.807, 2.05) is 22.9 Å². The van der Waals surface area contributed by atoms with Gasteiger partial charge in [-0.2, -0.15) is 11.3 Å². The number of thiophene rings is 1. The maximum absolute atomic E-state index is 12.4. The van der Waals surface area contributed by atoms with Crippen molar-refractivity contribution in [3.05, 3.63) is 64.4 Å². The normalized spacial score (nSPS) is 13.5. The highest BCUT2D eigenvalue weighted by Crippen LogP contribution is 2.22. The lowest BCUT2D eigenvalue weighted by molar-refractivity contribution is 0.0330. The summed E-state index contributed by atoms with van der Waals surface area (Å²) >= 11 is 1.60. The van der Waals surface area contributed by atoms with Crippen molar-refractivity contribution in [2.24, 2.45) is 0 Å². The minimum Gasteiger partial charge on any atom is -0.466 e. The molecule has 3 heterocycles. The molecule has 0 aliphatic heterocycles. The Morgan fingerprint density at radius 2 is 2.21 bits per heavy atom. The molecule has 1 atom stereocenters. The number of furan rings is 1. The van der Waals surface area contributed by atoms with E-state index in [-0.39, 0.29) is 12.5 Å². The van der Waals surface area contributed by atoms with E-state index < -0.39 is 5.60 Å². The molecule has 3 aromatic heterocycles. The molecule has 0 bridgehead atoms. The SMILES string of the molecule is Cc1nc(-c2ccsc2)ccc1C(=O)NCC(C)(O)c1ccco1. The van der Waals surface area contributed by atoms with Gasteiger partial charge in [0.05, 0.1) is 29.8 Å². The van der Waals surface area contributed by atoms with Gasteiger partial charge in [-0.05, 0) is 49.6 Å². The number of hydrogen-bond donors (Lipinski definition) is 2. The summed E-state index contributed by atoms with van der Waals surface area (Å²) in [6.07, 6.45) is 1.49. The van der Waals surface area contributed by atoms with Crippen LogP contribution in [0.5, 0.6) is 0 Å². The van der Waals surface area contributed by atoms with Gasteiger partial charge in [-0.3, -0.25) is 9.78 Å². The van der Waals surface area contributed by atoms with Crippen LogP contribution < -0.4 is 5.32 Å². The number of nitrogens with one attached hydrogen (secondary N) is 1. The number of rotatable bonds is 5. The third-order valence-electron chi connectivity index (χ3n) is 3.79. The van der Waals surface area contributed by atoms with Gasteiger partial charge < -0.3 is 14.8 Å². The van der Waals surface area contributed by atoms with Crippen LogP contribution in [0.1, 0.15) is 28.7 Å². The van der Waals surface area contributed by atoms with Gasteiger partial charge in [0.25, 0.3) is 5.91 Å². The number of aliphatic hydroxyl groups is 1. The molecule has 1 unspecified atom stereocenters. The molecule has 3 rings (SSSR count). The van der Waals surface area contributed by atoms with Crippen LogP contribution in [0.15, 0.2) is 51.8 Å². The highest BCUT2D eigenvalue weighted by atomic mass is 32.1. The van der Waals surface area contributed by atoms with Gasteiger partial charge >= 0.3 is 0 Å². The summed E-state index contributed by atoms with van der Waals surface area (Å²) in [6, 6.07) is 8.95. The molecule has 1 amide bonds. The van der Waals surface area contributed by atoms with Gasteiger partial charge in [0.15, 0.2) is 0 Å². The van der Waals surface area contributed by atoms with Gasteiger partial charge in [0.2, 0.25) is 0 Å². The number of aromatic nitrogens is 1. The lowest BCUT2D eigenvalue weighted by Gasteiger charge is -2.21. The first-order valence-corrected chi connectivity index (χ1v) is 8.46. The van der Waals surface area contributed by atoms with E-state index in [2.05, 4.69) is 10.3 Å². The Kier molecular flexibility index (Phi) is 4.51. The molecule has 0 aliphatic rings. The number of amides is 1. The first-order chi connectivity index (χ1) is 11.5. The molecular weight excluding hydrogens is 324 g/mol. The average Bonchev–Trinajstić information content (AvgIpc) is 3.25. The number of hydrogen-bond acceptors (Lipinski definition) is 5. The van der Waals surface area contributed by atoms with Gasteiger partial charge in [-0.25, -0.2) is 0 Å². The lowest BCUT2D eigenvalue weighted by atomic mass is 10.0. The zero-order valence-electron chi connectivity index (χ0n) is 13.4. The van der Waals surface area contributed by atoms with E-state index in [0.29, 0.717) is 17.0 Å². The third-order valence-corrected chi connectivity index (χ3v) is 4.48. The van der Waals surface area contributed by atoms with Crippen molar-refractivity contribution in [2.45, 2.75) is 19.4 Å². The predicted molar refractivity (Wildman–Crippen MR) is 92.9 cm³/mol. The van der Waals surface area contributed by atoms with Crippen molar-refractivity contribution in [2.75, 3.05) is 6.54 Å². The van der Waals surface area contributed by atoms with Crippen molar-refractivity contribution < 1.29 is 14.3 Å². The number of carbonyl (C=O) groups is 1. The zero-order valence-corrected chi connectivity index (χ0v) is 14.3. The summed E-state index contributed by atoms with van der Waals surface area (Å²) in [5.41, 5.74) is 1.75. The molecule has 2 N–H and O–H groups in total. The van der Waals surface area contributed by atoms with Crippen LogP contribution in [-0.4, -0.2) is 22.5 Å². The fourth-order valence-corrected chi connectivity index (χ4v) is 3.04. The topological polar surface area (TPSA) is 75.4 Å². The first-order valence-electron chi connectivity index (χ1n) is 7.52. The third kappa shape index (κ3) is 3.39. The van der Waals surface area contributed by atoms with Crippen molar-refractivity contribution in [3.63, 3.8) is 0 Å². The zero-order chi connectivity index (χ0) is 17.2. The van der Waals surface area contributed by atoms with Crippen LogP contribution in [0, 0.1) is 6.92 Å². The molecule has 0 fully saturated rings. The van der Waals surface area contributed by atoms with E-state index >= 15 is 0 Å². The number of aryl methyl sites for hydroxylation is 1. The lowest BCUT2D eigenvalue weighted by Crippen LogP contribution is -2.38. The van der Waals surface area contributed by atoms with E-state index in [1.165, 1.54) is 6.26 Å². The first kappa shape index (κ1) is 16.4. The monoisotopic (exact) mass is 342 g/mol. The standard InChI is InChI=1S/C18H18N2O3S/c1-12-14(5-6-15(20-12)13-7-9-24-10-13)17(21)19-11-18(2,22)16-4-3-8-23-16/h3-10,22H,11H2,1-2H3,(H,19,21). The van der Waals surface area contributed by atoms with Crippen LogP contribution in [-0.2, 0) is 5.60 Å². The second-order valence-corrected chi connectivity index (χ2v) is 6.56. The van der Waals surface area contributed by atoms with Gasteiger partial charge in [-0.1, -0.05) is 0 Å². The maximum Gasteiger partial charge on any atom is 0.253 e. The van der Waals surface area contributed by atoms with Crippen LogP contribution in [0.4, 0.5) is 0 Å². The van der Waals surface area contributed by atoms with Gasteiger partial charge in [-0.15, -0.1) is 0 Å². The summed E-state index contributed by atoms with van der Waals surface area (Å²) in [7, 11) is 0. The highest BCUT2D eigenvalue weighted by Gasteiger charge is 2.27. The molecule has 5 nitrogen and oxygen atoms in total. The van der Waals surface area contributed by atoms with Crippen LogP contribution in [0.2, 0.25) is 0 Å². The fraction of sp³-hybridized carbons (Fsp3) is 0.222. The fourth-order valence-electron chi connectivity index (χ4n) is 2.39. The Hall–Kier alpha value is -2.44. The molecule has 0 aromatic carbocycles. The second-order valence-electron chi connectivity index (χ2n) is 5.78. The van der Waals surface area contributed by atoms with Crippen LogP contribution in [0.3, 0.4) is 0 Å². The van der Waals surface area contributed by atoms with Crippen molar-refractivity contribution >= 4 is 17.2 Å². The summed E-state index contributed by atoms with van der Waals surface area (Å²) in [5, 5.41) is 17.1. The van der Waals surface area contributed by atoms with E-state index in [1.54, 1.807) is 43.4 Å². The summed E-state index contributed by atoms with van der Waals surface area (Å²) in [5.74, 6) is 0.133. The molecular formula is C18H18N2O3S. The largest absolute Gasteiger partial charge is 0.466 e. The van der Waals surface area contributed by atoms with Crippen LogP contribution in [0.25, 0.3) is 11.3 Å². The minimum absolute atomic E-state index is 0.0467. The molecule has 0 aliphatic carbocycles. The Bertz CT molecular complexity index is 824. The van der Waals surface area contributed by atoms with Gasteiger partial charge in [0.1, 0.15) is 11.4 Å². The predicted octanol–water partition coefficient (Wildman–Crippen LogP) is 3.35. The second kappa shape index (κ2) is 6.59. The summed E-state index contributed by atoms with van der Waals surface area (Å²) in [6.45, 7) is 3.44. The van der Waals surface area contributed by atoms with E-state index in [9.17, 15) is 9.90 Å². The smallest absolute Gasteiger partial charge is 0.253 e. The Morgan fingerprint density at radius 1 is 1.38 bits per heavy atom. The van der Waals surface area contributed by atoms with Crippen LogP contribution >= 0.6 is 11.3 Å². The molecule has 0 spiro atoms. The summed E-state index contributed by atoms with van der Waals surface area (Å²) < 4.78 is 5.20. The number of pyridine rings is 1.